The molecule has 1 atom stereocenters. The first-order valence-electron chi connectivity index (χ1n) is 10.8. The number of likely N-dealkylation sites (tertiary alicyclic amines) is 1. The second-order valence-electron chi connectivity index (χ2n) is 8.53. The molecule has 2 aromatic heterocycles. The molecular formula is C24H29N5O2. The molecule has 1 aliphatic rings. The number of piperidine rings is 1. The summed E-state index contributed by atoms with van der Waals surface area (Å²) in [5.74, 6) is 0.615. The molecule has 162 valence electrons. The summed E-state index contributed by atoms with van der Waals surface area (Å²) >= 11 is 0. The largest absolute Gasteiger partial charge is 0.305 e. The molecule has 1 aliphatic heterocycles. The van der Waals surface area contributed by atoms with Gasteiger partial charge in [0.25, 0.3) is 0 Å². The number of benzene rings is 1. The average Bonchev–Trinajstić information content (AvgIpc) is 3.12. The van der Waals surface area contributed by atoms with E-state index in [4.69, 9.17) is 4.98 Å². The van der Waals surface area contributed by atoms with Crippen molar-refractivity contribution in [2.24, 2.45) is 0 Å². The highest BCUT2D eigenvalue weighted by atomic mass is 16.6. The summed E-state index contributed by atoms with van der Waals surface area (Å²) in [7, 11) is 0. The lowest BCUT2D eigenvalue weighted by Crippen LogP contribution is -2.40. The fraction of sp³-hybridized carbons (Fsp3) is 0.417. The molecule has 0 unspecified atom stereocenters. The van der Waals surface area contributed by atoms with Crippen molar-refractivity contribution in [3.05, 3.63) is 70.2 Å². The van der Waals surface area contributed by atoms with E-state index in [1.54, 1.807) is 6.92 Å². The monoisotopic (exact) mass is 419 g/mol. The Kier molecular flexibility index (Phi) is 6.42. The topological polar surface area (TPSA) is 84.2 Å². The fourth-order valence-corrected chi connectivity index (χ4v) is 4.30. The van der Waals surface area contributed by atoms with Crippen LogP contribution in [0.3, 0.4) is 0 Å². The standard InChI is InChI=1S/C24H29N5O2/c1-16-6-4-7-19(10-16)12-20-11-17(2)25-22(13-20)21-8-5-9-29(14-21)15-23(30)26-24-18(3)27-31-28-24/h4,6-7,10-11,13,21H,5,8-9,12,14-15H2,1-3H3,(H,26,28,30)/t21-/m1/s1. The number of aryl methyl sites for hydroxylation is 3. The van der Waals surface area contributed by atoms with Gasteiger partial charge in [0, 0.05) is 23.9 Å². The van der Waals surface area contributed by atoms with Gasteiger partial charge in [0.1, 0.15) is 5.69 Å². The first kappa shape index (κ1) is 21.2. The van der Waals surface area contributed by atoms with Crippen molar-refractivity contribution in [3.63, 3.8) is 0 Å². The van der Waals surface area contributed by atoms with Gasteiger partial charge in [0.05, 0.1) is 6.54 Å². The molecule has 1 saturated heterocycles. The highest BCUT2D eigenvalue weighted by Gasteiger charge is 2.25. The third kappa shape index (κ3) is 5.55. The van der Waals surface area contributed by atoms with Crippen molar-refractivity contribution in [2.45, 2.75) is 46.0 Å². The molecule has 0 spiro atoms. The van der Waals surface area contributed by atoms with Gasteiger partial charge in [0.15, 0.2) is 5.82 Å². The van der Waals surface area contributed by atoms with E-state index in [2.05, 4.69) is 75.4 Å². The zero-order valence-corrected chi connectivity index (χ0v) is 18.4. The summed E-state index contributed by atoms with van der Waals surface area (Å²) in [6, 6.07) is 13.1. The first-order valence-corrected chi connectivity index (χ1v) is 10.8. The Bertz CT molecular complexity index is 1060. The van der Waals surface area contributed by atoms with Crippen LogP contribution < -0.4 is 5.32 Å². The number of hydrogen-bond acceptors (Lipinski definition) is 6. The molecule has 1 fully saturated rings. The lowest BCUT2D eigenvalue weighted by atomic mass is 9.92. The number of rotatable bonds is 6. The second kappa shape index (κ2) is 9.39. The Balaban J connectivity index is 1.42. The van der Waals surface area contributed by atoms with Crippen molar-refractivity contribution in [1.29, 1.82) is 0 Å². The van der Waals surface area contributed by atoms with Crippen molar-refractivity contribution >= 4 is 11.7 Å². The van der Waals surface area contributed by atoms with E-state index >= 15 is 0 Å². The number of amides is 1. The average molecular weight is 420 g/mol. The van der Waals surface area contributed by atoms with Crippen molar-refractivity contribution in [3.8, 4) is 0 Å². The van der Waals surface area contributed by atoms with Crippen LogP contribution in [0.15, 0.2) is 41.0 Å². The van der Waals surface area contributed by atoms with Crippen LogP contribution in [0.5, 0.6) is 0 Å². The molecule has 31 heavy (non-hydrogen) atoms. The summed E-state index contributed by atoms with van der Waals surface area (Å²) < 4.78 is 4.65. The van der Waals surface area contributed by atoms with Crippen LogP contribution in [0.25, 0.3) is 0 Å². The number of pyridine rings is 1. The van der Waals surface area contributed by atoms with Crippen LogP contribution in [-0.4, -0.2) is 45.7 Å². The predicted octanol–water partition coefficient (Wildman–Crippen LogP) is 3.80. The summed E-state index contributed by atoms with van der Waals surface area (Å²) in [5.41, 5.74) is 6.64. The number of anilines is 1. The minimum atomic E-state index is -0.100. The van der Waals surface area contributed by atoms with Gasteiger partial charge in [-0.1, -0.05) is 35.0 Å². The molecule has 0 saturated carbocycles. The number of aromatic nitrogens is 3. The van der Waals surface area contributed by atoms with Gasteiger partial charge in [-0.2, -0.15) is 0 Å². The molecule has 0 radical (unpaired) electrons. The minimum Gasteiger partial charge on any atom is -0.305 e. The maximum Gasteiger partial charge on any atom is 0.239 e. The summed E-state index contributed by atoms with van der Waals surface area (Å²) in [6.07, 6.45) is 3.04. The van der Waals surface area contributed by atoms with Crippen LogP contribution in [0.2, 0.25) is 0 Å². The smallest absolute Gasteiger partial charge is 0.239 e. The SMILES string of the molecule is Cc1cccc(Cc2cc(C)nc([C@@H]3CCCN(CC(=O)Nc4nonc4C)C3)c2)c1. The van der Waals surface area contributed by atoms with Gasteiger partial charge >= 0.3 is 0 Å². The molecule has 1 amide bonds. The van der Waals surface area contributed by atoms with Gasteiger partial charge in [-0.15, -0.1) is 0 Å². The molecule has 1 aromatic carbocycles. The van der Waals surface area contributed by atoms with Crippen molar-refractivity contribution < 1.29 is 9.42 Å². The Morgan fingerprint density at radius 3 is 2.81 bits per heavy atom. The number of hydrogen-bond donors (Lipinski definition) is 1. The van der Waals surface area contributed by atoms with Crippen molar-refractivity contribution in [1.82, 2.24) is 20.2 Å². The molecule has 7 heteroatoms. The van der Waals surface area contributed by atoms with Gasteiger partial charge in [-0.3, -0.25) is 14.7 Å². The van der Waals surface area contributed by atoms with Crippen LogP contribution in [-0.2, 0) is 11.2 Å². The Hall–Kier alpha value is -3.06. The fourth-order valence-electron chi connectivity index (χ4n) is 4.30. The molecular weight excluding hydrogens is 390 g/mol. The molecule has 0 bridgehead atoms. The van der Waals surface area contributed by atoms with E-state index in [0.717, 1.165) is 43.7 Å². The highest BCUT2D eigenvalue weighted by Crippen LogP contribution is 2.27. The van der Waals surface area contributed by atoms with Crippen molar-refractivity contribution in [2.75, 3.05) is 25.0 Å². The molecule has 1 N–H and O–H groups in total. The quantitative estimate of drug-likeness (QED) is 0.654. The summed E-state index contributed by atoms with van der Waals surface area (Å²) in [6.45, 7) is 7.99. The molecule has 0 aliphatic carbocycles. The number of carbonyl (C=O) groups excluding carboxylic acids is 1. The van der Waals surface area contributed by atoms with E-state index in [-0.39, 0.29) is 5.91 Å². The lowest BCUT2D eigenvalue weighted by molar-refractivity contribution is -0.117. The molecule has 3 aromatic rings. The highest BCUT2D eigenvalue weighted by molar-refractivity contribution is 5.91. The lowest BCUT2D eigenvalue weighted by Gasteiger charge is -2.32. The van der Waals surface area contributed by atoms with Gasteiger partial charge < -0.3 is 5.32 Å². The van der Waals surface area contributed by atoms with E-state index in [0.29, 0.717) is 24.0 Å². The Morgan fingerprint density at radius 1 is 1.16 bits per heavy atom. The van der Waals surface area contributed by atoms with E-state index < -0.39 is 0 Å². The number of carbonyl (C=O) groups is 1. The Labute approximate surface area is 182 Å². The van der Waals surface area contributed by atoms with E-state index in [1.165, 1.54) is 16.7 Å². The summed E-state index contributed by atoms with van der Waals surface area (Å²) in [4.78, 5) is 19.5. The van der Waals surface area contributed by atoms with Gasteiger partial charge in [-0.25, -0.2) is 4.63 Å². The van der Waals surface area contributed by atoms with Crippen LogP contribution in [0, 0.1) is 20.8 Å². The van der Waals surface area contributed by atoms with E-state index in [1.807, 2.05) is 0 Å². The Morgan fingerprint density at radius 2 is 2.03 bits per heavy atom. The third-order valence-electron chi connectivity index (χ3n) is 5.73. The zero-order chi connectivity index (χ0) is 21.8. The maximum absolute atomic E-state index is 12.4. The first-order chi connectivity index (χ1) is 15.0. The predicted molar refractivity (Wildman–Crippen MR) is 119 cm³/mol. The third-order valence-corrected chi connectivity index (χ3v) is 5.73. The van der Waals surface area contributed by atoms with Gasteiger partial charge in [-0.05, 0) is 75.0 Å². The minimum absolute atomic E-state index is 0.100. The van der Waals surface area contributed by atoms with Crippen LogP contribution in [0.4, 0.5) is 5.82 Å². The summed E-state index contributed by atoms with van der Waals surface area (Å²) in [5, 5.41) is 10.2. The van der Waals surface area contributed by atoms with E-state index in [9.17, 15) is 4.79 Å². The van der Waals surface area contributed by atoms with Crippen LogP contribution in [0.1, 0.15) is 52.5 Å². The number of nitrogens with one attached hydrogen (secondary N) is 1. The maximum atomic E-state index is 12.4. The normalized spacial score (nSPS) is 16.9. The molecule has 3 heterocycles. The van der Waals surface area contributed by atoms with Crippen LogP contribution >= 0.6 is 0 Å². The second-order valence-corrected chi connectivity index (χ2v) is 8.53. The number of nitrogens with zero attached hydrogens (tertiary/aromatic N) is 4. The zero-order valence-electron chi connectivity index (χ0n) is 18.4. The van der Waals surface area contributed by atoms with Gasteiger partial charge in [0.2, 0.25) is 5.91 Å². The molecule has 7 nitrogen and oxygen atoms in total. The molecule has 4 rings (SSSR count).